The maximum atomic E-state index is 13.2. The van der Waals surface area contributed by atoms with Crippen LogP contribution in [0.25, 0.3) is 11.1 Å². The van der Waals surface area contributed by atoms with Gasteiger partial charge in [0.25, 0.3) is 0 Å². The first-order chi connectivity index (χ1) is 29.9. The Morgan fingerprint density at radius 1 is 0.677 bits per heavy atom. The van der Waals surface area contributed by atoms with Crippen molar-refractivity contribution < 1.29 is 19.1 Å². The quantitative estimate of drug-likeness (QED) is 0.0939. The molecule has 0 aliphatic carbocycles. The fourth-order valence-electron chi connectivity index (χ4n) is 8.84. The number of hydrogen-bond donors (Lipinski definition) is 1. The summed E-state index contributed by atoms with van der Waals surface area (Å²) in [6, 6.07) is 25.4. The third-order valence-corrected chi connectivity index (χ3v) is 13.7. The highest BCUT2D eigenvalue weighted by atomic mass is 79.9. The molecule has 334 valence electrons. The Morgan fingerprint density at radius 2 is 1.18 bits per heavy atom. The van der Waals surface area contributed by atoms with Crippen LogP contribution in [0, 0.1) is 13.8 Å². The normalized spacial score (nSPS) is 17.4. The molecule has 6 rings (SSSR count). The predicted molar refractivity (Wildman–Crippen MR) is 259 cm³/mol. The minimum absolute atomic E-state index is 0.0114. The summed E-state index contributed by atoms with van der Waals surface area (Å²) in [7, 11) is 8.16. The van der Waals surface area contributed by atoms with Gasteiger partial charge in [-0.15, -0.1) is 0 Å². The van der Waals surface area contributed by atoms with Crippen molar-refractivity contribution in [3.63, 3.8) is 0 Å². The summed E-state index contributed by atoms with van der Waals surface area (Å²) in [6.45, 7) is 11.0. The lowest BCUT2D eigenvalue weighted by Gasteiger charge is -2.35. The van der Waals surface area contributed by atoms with Gasteiger partial charge in [0.15, 0.2) is 0 Å². The average molecular weight is 974 g/mol. The van der Waals surface area contributed by atoms with Crippen molar-refractivity contribution in [1.29, 1.82) is 0 Å². The van der Waals surface area contributed by atoms with Gasteiger partial charge in [0.2, 0.25) is 5.91 Å². The molecule has 0 unspecified atom stereocenters. The smallest absolute Gasteiger partial charge is 0.237 e. The highest BCUT2D eigenvalue weighted by Crippen LogP contribution is 2.34. The number of amides is 1. The largest absolute Gasteiger partial charge is 0.488 e. The molecule has 0 spiro atoms. The summed E-state index contributed by atoms with van der Waals surface area (Å²) in [5.41, 5.74) is 9.33. The lowest BCUT2D eigenvalue weighted by Crippen LogP contribution is -2.49. The third-order valence-electron chi connectivity index (χ3n) is 12.5. The second-order valence-electron chi connectivity index (χ2n) is 17.7. The Kier molecular flexibility index (Phi) is 18.1. The van der Waals surface area contributed by atoms with Crippen molar-refractivity contribution in [2.24, 2.45) is 0 Å². The van der Waals surface area contributed by atoms with Gasteiger partial charge in [-0.3, -0.25) is 19.4 Å². The van der Waals surface area contributed by atoms with Gasteiger partial charge >= 0.3 is 0 Å². The second-order valence-corrected chi connectivity index (χ2v) is 19.4. The maximum absolute atomic E-state index is 13.2. The van der Waals surface area contributed by atoms with Crippen LogP contribution >= 0.6 is 31.9 Å². The number of carbonyl (C=O) groups excluding carboxylic acids is 2. The monoisotopic (exact) mass is 971 g/mol. The predicted octanol–water partition coefficient (Wildman–Crippen LogP) is 9.95. The first-order valence-corrected chi connectivity index (χ1v) is 24.0. The van der Waals surface area contributed by atoms with Crippen molar-refractivity contribution in [3.8, 4) is 22.6 Å². The van der Waals surface area contributed by atoms with Crippen LogP contribution in [-0.2, 0) is 35.9 Å². The number of Topliss-reactive ketones (excluding diaryl/α,β-unsaturated/α-hetero) is 1. The van der Waals surface area contributed by atoms with Crippen LogP contribution < -0.4 is 14.8 Å². The standard InChI is InChI=1S/C51H67Br2N5O4/c1-36-40(34-61-49-23-21-38(30-44(49)52)32-57-27-9-7-18-46(57)48(59)20-13-26-55(3)4)14-11-16-42(36)43-17-12-15-41(37(43)2)35-62-50-24-22-39(31-45(50)53)33-58-28-10-8-19-47(58)51(60)54-25-29-56(5)6/h11-12,14-17,21-24,30-31,46-47H,7-10,13,18-20,25-29,32-35H2,1-6H3,(H,54,60)/t46-,47-/m0/s1. The zero-order valence-electron chi connectivity index (χ0n) is 37.8. The summed E-state index contributed by atoms with van der Waals surface area (Å²) in [5.74, 6) is 2.11. The van der Waals surface area contributed by atoms with Crippen molar-refractivity contribution in [1.82, 2.24) is 24.9 Å². The van der Waals surface area contributed by atoms with Gasteiger partial charge in [0.1, 0.15) is 30.5 Å². The number of rotatable bonds is 20. The van der Waals surface area contributed by atoms with Gasteiger partial charge in [0.05, 0.1) is 21.0 Å². The molecule has 2 fully saturated rings. The molecule has 2 saturated heterocycles. The van der Waals surface area contributed by atoms with Gasteiger partial charge < -0.3 is 24.6 Å². The number of carbonyl (C=O) groups is 2. The Morgan fingerprint density at radius 3 is 1.68 bits per heavy atom. The molecule has 9 nitrogen and oxygen atoms in total. The fourth-order valence-corrected chi connectivity index (χ4v) is 9.92. The van der Waals surface area contributed by atoms with E-state index in [1.165, 1.54) is 27.8 Å². The van der Waals surface area contributed by atoms with Crippen LogP contribution in [0.2, 0.25) is 0 Å². The van der Waals surface area contributed by atoms with Crippen molar-refractivity contribution in [3.05, 3.63) is 115 Å². The van der Waals surface area contributed by atoms with Crippen LogP contribution in [0.4, 0.5) is 0 Å². The van der Waals surface area contributed by atoms with E-state index in [2.05, 4.69) is 151 Å². The average Bonchev–Trinajstić information content (AvgIpc) is 3.24. The van der Waals surface area contributed by atoms with Crippen molar-refractivity contribution in [2.45, 2.75) is 104 Å². The number of nitrogens with zero attached hydrogens (tertiary/aromatic N) is 4. The molecule has 0 bridgehead atoms. The molecular formula is C51H67Br2N5O4. The summed E-state index contributed by atoms with van der Waals surface area (Å²) >= 11 is 7.58. The Hall–Kier alpha value is -3.58. The molecule has 1 amide bonds. The third kappa shape index (κ3) is 13.2. The summed E-state index contributed by atoms with van der Waals surface area (Å²) in [4.78, 5) is 35.2. The van der Waals surface area contributed by atoms with Crippen LogP contribution in [0.1, 0.15) is 84.7 Å². The van der Waals surface area contributed by atoms with E-state index in [1.807, 2.05) is 20.2 Å². The second kappa shape index (κ2) is 23.4. The summed E-state index contributed by atoms with van der Waals surface area (Å²) in [6.07, 6.45) is 7.84. The summed E-state index contributed by atoms with van der Waals surface area (Å²) < 4.78 is 14.7. The zero-order chi connectivity index (χ0) is 44.2. The molecule has 4 aromatic rings. The molecule has 2 aliphatic rings. The van der Waals surface area contributed by atoms with Gasteiger partial charge in [0, 0.05) is 32.6 Å². The fraction of sp³-hybridized carbons (Fsp3) is 0.490. The number of likely N-dealkylation sites (tertiary alicyclic amines) is 2. The van der Waals surface area contributed by atoms with E-state index >= 15 is 0 Å². The molecule has 62 heavy (non-hydrogen) atoms. The molecule has 0 radical (unpaired) electrons. The van der Waals surface area contributed by atoms with E-state index in [-0.39, 0.29) is 18.0 Å². The number of benzene rings is 4. The van der Waals surface area contributed by atoms with Gasteiger partial charge in [-0.05, 0) is 194 Å². The number of ketones is 1. The Balaban J connectivity index is 1.05. The van der Waals surface area contributed by atoms with Gasteiger partial charge in [-0.25, -0.2) is 0 Å². The number of piperidine rings is 2. The number of likely N-dealkylation sites (N-methyl/N-ethyl adjacent to an activating group) is 1. The van der Waals surface area contributed by atoms with E-state index in [4.69, 9.17) is 9.47 Å². The molecule has 2 heterocycles. The van der Waals surface area contributed by atoms with Crippen LogP contribution in [0.5, 0.6) is 11.5 Å². The number of halogens is 2. The van der Waals surface area contributed by atoms with E-state index in [1.54, 1.807) is 0 Å². The van der Waals surface area contributed by atoms with Gasteiger partial charge in [-0.2, -0.15) is 0 Å². The number of hydrogen-bond acceptors (Lipinski definition) is 8. The molecule has 0 saturated carbocycles. The van der Waals surface area contributed by atoms with Crippen molar-refractivity contribution >= 4 is 43.6 Å². The van der Waals surface area contributed by atoms with E-state index in [9.17, 15) is 9.59 Å². The number of nitrogens with one attached hydrogen (secondary N) is 1. The minimum atomic E-state index is -0.0983. The van der Waals surface area contributed by atoms with E-state index in [0.717, 1.165) is 121 Å². The molecule has 2 aliphatic heterocycles. The lowest BCUT2D eigenvalue weighted by atomic mass is 9.92. The van der Waals surface area contributed by atoms with Crippen molar-refractivity contribution in [2.75, 3.05) is 60.9 Å². The molecule has 11 heteroatoms. The first-order valence-electron chi connectivity index (χ1n) is 22.5. The molecule has 4 aromatic carbocycles. The van der Waals surface area contributed by atoms with Crippen LogP contribution in [0.3, 0.4) is 0 Å². The zero-order valence-corrected chi connectivity index (χ0v) is 41.0. The highest BCUT2D eigenvalue weighted by Gasteiger charge is 2.30. The molecule has 1 N–H and O–H groups in total. The first kappa shape index (κ1) is 47.9. The Labute approximate surface area is 387 Å². The van der Waals surface area contributed by atoms with Crippen LogP contribution in [0.15, 0.2) is 81.7 Å². The van der Waals surface area contributed by atoms with E-state index < -0.39 is 0 Å². The molecular weight excluding hydrogens is 906 g/mol. The van der Waals surface area contributed by atoms with Gasteiger partial charge in [-0.1, -0.05) is 61.4 Å². The Bertz CT molecular complexity index is 1980. The SMILES string of the molecule is Cc1c(COc2ccc(CN3CCCC[C@H]3C(=O)CCCN(C)C)cc2Br)cccc1-c1cccc(COc2ccc(CN3CCCC[C@H]3C(=O)NCCN(C)C)cc2Br)c1C. The van der Waals surface area contributed by atoms with Crippen LogP contribution in [-0.4, -0.2) is 104 Å². The molecule has 0 aromatic heterocycles. The summed E-state index contributed by atoms with van der Waals surface area (Å²) in [5, 5.41) is 3.14. The highest BCUT2D eigenvalue weighted by molar-refractivity contribution is 9.11. The lowest BCUT2D eigenvalue weighted by molar-refractivity contribution is -0.128. The minimum Gasteiger partial charge on any atom is -0.488 e. The molecule has 2 atom stereocenters. The van der Waals surface area contributed by atoms with E-state index in [0.29, 0.717) is 32.0 Å². The maximum Gasteiger partial charge on any atom is 0.237 e. The topological polar surface area (TPSA) is 77.6 Å². The number of ether oxygens (including phenoxy) is 2.